The number of benzene rings is 2. The Morgan fingerprint density at radius 1 is 1.11 bits per heavy atom. The Kier molecular flexibility index (Phi) is 6.11. The average Bonchev–Trinajstić information content (AvgIpc) is 3.20. The lowest BCUT2D eigenvalue weighted by molar-refractivity contribution is -0.169. The third-order valence-corrected chi connectivity index (χ3v) is 3.94. The highest BCUT2D eigenvalue weighted by molar-refractivity contribution is 5.99. The molecule has 0 bridgehead atoms. The first-order chi connectivity index (χ1) is 13.6. The molecular weight excluding hydrogens is 366 g/mol. The van der Waals surface area contributed by atoms with Crippen molar-refractivity contribution < 1.29 is 33.4 Å². The van der Waals surface area contributed by atoms with Crippen LogP contribution in [0, 0.1) is 0 Å². The minimum Gasteiger partial charge on any atom is -0.466 e. The maximum atomic E-state index is 12.1. The van der Waals surface area contributed by atoms with Gasteiger partial charge >= 0.3 is 11.9 Å². The minimum atomic E-state index is -1.17. The molecule has 1 unspecified atom stereocenters. The molecule has 3 rings (SSSR count). The molecule has 0 radical (unpaired) electrons. The van der Waals surface area contributed by atoms with Crippen LogP contribution in [0.15, 0.2) is 53.7 Å². The summed E-state index contributed by atoms with van der Waals surface area (Å²) in [5.41, 5.74) is 1.80. The zero-order valence-electron chi connectivity index (χ0n) is 15.4. The Balaban J connectivity index is 1.58. The highest BCUT2D eigenvalue weighted by Crippen LogP contribution is 2.32. The molecule has 1 atom stereocenters. The first kappa shape index (κ1) is 19.2. The average molecular weight is 385 g/mol. The number of rotatable bonds is 7. The predicted molar refractivity (Wildman–Crippen MR) is 98.0 cm³/mol. The van der Waals surface area contributed by atoms with Crippen LogP contribution in [0.4, 0.5) is 0 Å². The quantitative estimate of drug-likeness (QED) is 0.411. The third kappa shape index (κ3) is 4.59. The molecule has 0 fully saturated rings. The fraction of sp³-hybridized carbons (Fsp3) is 0.250. The molecule has 2 aromatic carbocycles. The summed E-state index contributed by atoms with van der Waals surface area (Å²) >= 11 is 0. The van der Waals surface area contributed by atoms with E-state index in [9.17, 15) is 9.59 Å². The molecule has 1 heterocycles. The van der Waals surface area contributed by atoms with Crippen molar-refractivity contribution in [2.24, 2.45) is 5.16 Å². The topological polar surface area (TPSA) is 92.7 Å². The van der Waals surface area contributed by atoms with E-state index in [0.717, 1.165) is 5.56 Å². The van der Waals surface area contributed by atoms with Crippen molar-refractivity contribution in [2.45, 2.75) is 13.0 Å². The predicted octanol–water partition coefficient (Wildman–Crippen LogP) is 2.61. The number of carbonyl (C=O) groups excluding carboxylic acids is 2. The van der Waals surface area contributed by atoms with E-state index in [-0.39, 0.29) is 6.79 Å². The summed E-state index contributed by atoms with van der Waals surface area (Å²) in [6.07, 6.45) is -1.17. The van der Waals surface area contributed by atoms with E-state index >= 15 is 0 Å². The zero-order chi connectivity index (χ0) is 19.9. The van der Waals surface area contributed by atoms with Crippen molar-refractivity contribution in [2.75, 3.05) is 20.5 Å². The fourth-order valence-corrected chi connectivity index (χ4v) is 2.51. The van der Waals surface area contributed by atoms with Crippen LogP contribution in [0.3, 0.4) is 0 Å². The molecule has 0 aromatic heterocycles. The van der Waals surface area contributed by atoms with Gasteiger partial charge in [0.1, 0.15) is 0 Å². The van der Waals surface area contributed by atoms with Crippen LogP contribution in [0.2, 0.25) is 0 Å². The first-order valence-corrected chi connectivity index (χ1v) is 8.47. The Labute approximate surface area is 161 Å². The molecule has 0 spiro atoms. The summed E-state index contributed by atoms with van der Waals surface area (Å²) in [6, 6.07) is 13.9. The second kappa shape index (κ2) is 8.90. The van der Waals surface area contributed by atoms with Gasteiger partial charge < -0.3 is 23.8 Å². The largest absolute Gasteiger partial charge is 0.466 e. The molecule has 1 aliphatic heterocycles. The number of fused-ring (bicyclic) bond motifs is 1. The van der Waals surface area contributed by atoms with Gasteiger partial charge in [0, 0.05) is 11.1 Å². The fourth-order valence-electron chi connectivity index (χ4n) is 2.51. The lowest BCUT2D eigenvalue weighted by Crippen LogP contribution is -2.23. The molecule has 8 nitrogen and oxygen atoms in total. The molecule has 0 N–H and O–H groups in total. The Morgan fingerprint density at radius 2 is 1.86 bits per heavy atom. The Hall–Kier alpha value is -3.55. The van der Waals surface area contributed by atoms with Crippen molar-refractivity contribution in [3.63, 3.8) is 0 Å². The van der Waals surface area contributed by atoms with Crippen molar-refractivity contribution in [1.82, 2.24) is 0 Å². The van der Waals surface area contributed by atoms with Gasteiger partial charge in [-0.15, -0.1) is 0 Å². The maximum Gasteiger partial charge on any atom is 0.351 e. The normalized spacial score (nSPS) is 13.6. The smallest absolute Gasteiger partial charge is 0.351 e. The van der Waals surface area contributed by atoms with E-state index in [1.807, 2.05) is 0 Å². The van der Waals surface area contributed by atoms with Gasteiger partial charge in [0.2, 0.25) is 19.5 Å². The van der Waals surface area contributed by atoms with Gasteiger partial charge in [0.15, 0.2) is 11.5 Å². The van der Waals surface area contributed by atoms with E-state index in [0.29, 0.717) is 22.8 Å². The highest BCUT2D eigenvalue weighted by Gasteiger charge is 2.26. The molecular formula is C20H19NO7. The van der Waals surface area contributed by atoms with Crippen LogP contribution in [0.5, 0.6) is 11.5 Å². The summed E-state index contributed by atoms with van der Waals surface area (Å²) in [5, 5.41) is 3.91. The van der Waals surface area contributed by atoms with Crippen molar-refractivity contribution in [3.05, 3.63) is 59.7 Å². The molecule has 8 heteroatoms. The van der Waals surface area contributed by atoms with E-state index in [4.69, 9.17) is 23.8 Å². The second-order valence-corrected chi connectivity index (χ2v) is 5.82. The molecule has 146 valence electrons. The van der Waals surface area contributed by atoms with Crippen molar-refractivity contribution in [1.29, 1.82) is 0 Å². The van der Waals surface area contributed by atoms with E-state index in [1.165, 1.54) is 7.11 Å². The first-order valence-electron chi connectivity index (χ1n) is 8.47. The second-order valence-electron chi connectivity index (χ2n) is 5.82. The maximum absolute atomic E-state index is 12.1. The lowest BCUT2D eigenvalue weighted by Gasteiger charge is -2.15. The number of hydrogen-bond acceptors (Lipinski definition) is 8. The SMILES string of the molecule is COC(=O)C(OC(=O)CO/N=C(\C)c1ccc2c(c1)OCO2)c1ccccc1. The summed E-state index contributed by atoms with van der Waals surface area (Å²) in [7, 11) is 1.22. The Morgan fingerprint density at radius 3 is 2.61 bits per heavy atom. The van der Waals surface area contributed by atoms with Crippen LogP contribution in [-0.2, 0) is 23.9 Å². The van der Waals surface area contributed by atoms with Gasteiger partial charge in [0.05, 0.1) is 12.8 Å². The van der Waals surface area contributed by atoms with Crippen LogP contribution >= 0.6 is 0 Å². The molecule has 0 saturated heterocycles. The molecule has 0 saturated carbocycles. The number of hydrogen-bond donors (Lipinski definition) is 0. The highest BCUT2D eigenvalue weighted by atomic mass is 16.7. The summed E-state index contributed by atoms with van der Waals surface area (Å²) in [6.45, 7) is 1.45. The van der Waals surface area contributed by atoms with Crippen LogP contribution in [0.25, 0.3) is 0 Å². The van der Waals surface area contributed by atoms with Gasteiger partial charge in [-0.25, -0.2) is 9.59 Å². The van der Waals surface area contributed by atoms with Crippen LogP contribution in [-0.4, -0.2) is 38.2 Å². The van der Waals surface area contributed by atoms with E-state index in [1.54, 1.807) is 55.5 Å². The monoisotopic (exact) mass is 385 g/mol. The van der Waals surface area contributed by atoms with Crippen LogP contribution in [0.1, 0.15) is 24.2 Å². The number of methoxy groups -OCH3 is 1. The Bertz CT molecular complexity index is 879. The van der Waals surface area contributed by atoms with Crippen molar-refractivity contribution >= 4 is 17.7 Å². The molecule has 28 heavy (non-hydrogen) atoms. The lowest BCUT2D eigenvalue weighted by atomic mass is 10.1. The number of ether oxygens (including phenoxy) is 4. The van der Waals surface area contributed by atoms with E-state index in [2.05, 4.69) is 5.16 Å². The van der Waals surface area contributed by atoms with Crippen LogP contribution < -0.4 is 9.47 Å². The standard InChI is InChI=1S/C20H19NO7/c1-13(15-8-9-16-17(10-15)26-12-25-16)21-27-11-18(22)28-19(20(23)24-2)14-6-4-3-5-7-14/h3-10,19H,11-12H2,1-2H3/b21-13+. The van der Waals surface area contributed by atoms with E-state index < -0.39 is 24.6 Å². The summed E-state index contributed by atoms with van der Waals surface area (Å²) < 4.78 is 20.5. The van der Waals surface area contributed by atoms with Gasteiger partial charge in [0.25, 0.3) is 0 Å². The van der Waals surface area contributed by atoms with Gasteiger partial charge in [-0.1, -0.05) is 35.5 Å². The van der Waals surface area contributed by atoms with Crippen molar-refractivity contribution in [3.8, 4) is 11.5 Å². The molecule has 1 aliphatic rings. The zero-order valence-corrected chi connectivity index (χ0v) is 15.4. The molecule has 0 amide bonds. The van der Waals surface area contributed by atoms with Gasteiger partial charge in [-0.3, -0.25) is 0 Å². The number of nitrogens with zero attached hydrogens (tertiary/aromatic N) is 1. The summed E-state index contributed by atoms with van der Waals surface area (Å²) in [4.78, 5) is 29.0. The summed E-state index contributed by atoms with van der Waals surface area (Å²) in [5.74, 6) is -0.146. The number of carbonyl (C=O) groups is 2. The molecule has 0 aliphatic carbocycles. The number of oxime groups is 1. The molecule has 2 aromatic rings. The van der Waals surface area contributed by atoms with Gasteiger partial charge in [-0.05, 0) is 25.1 Å². The van der Waals surface area contributed by atoms with Gasteiger partial charge in [-0.2, -0.15) is 0 Å². The number of esters is 2. The minimum absolute atomic E-state index is 0.181. The third-order valence-electron chi connectivity index (χ3n) is 3.94.